The van der Waals surface area contributed by atoms with Gasteiger partial charge in [-0.1, -0.05) is 11.2 Å². The molecule has 0 fully saturated rings. The number of halogens is 1. The number of nitrogens with zero attached hydrogens (tertiary/aromatic N) is 2. The van der Waals surface area contributed by atoms with Crippen LogP contribution >= 0.6 is 0 Å². The topological polar surface area (TPSA) is 74.2 Å². The maximum Gasteiger partial charge on any atom is 0.213 e. The molecule has 0 spiro atoms. The van der Waals surface area contributed by atoms with Crippen molar-refractivity contribution < 1.29 is 13.7 Å². The fourth-order valence-electron chi connectivity index (χ4n) is 1.32. The first-order chi connectivity index (χ1) is 8.16. The van der Waals surface area contributed by atoms with Gasteiger partial charge in [0.05, 0.1) is 0 Å². The molecule has 1 heterocycles. The predicted molar refractivity (Wildman–Crippen MR) is 57.6 cm³/mol. The van der Waals surface area contributed by atoms with Crippen molar-refractivity contribution in [2.75, 3.05) is 0 Å². The number of rotatable bonds is 4. The van der Waals surface area contributed by atoms with Crippen LogP contribution < -0.4 is 10.5 Å². The zero-order valence-electron chi connectivity index (χ0n) is 9.26. The lowest BCUT2D eigenvalue weighted by Crippen LogP contribution is -2.06. The summed E-state index contributed by atoms with van der Waals surface area (Å²) in [7, 11) is 0. The monoisotopic (exact) mass is 237 g/mol. The number of aromatic nitrogens is 2. The second kappa shape index (κ2) is 4.92. The average Bonchev–Trinajstić information content (AvgIpc) is 2.80. The normalized spacial score (nSPS) is 12.4. The Morgan fingerprint density at radius 3 is 2.94 bits per heavy atom. The summed E-state index contributed by atoms with van der Waals surface area (Å²) >= 11 is 0. The van der Waals surface area contributed by atoms with Gasteiger partial charge < -0.3 is 15.0 Å². The molecule has 90 valence electrons. The fourth-order valence-corrected chi connectivity index (χ4v) is 1.32. The van der Waals surface area contributed by atoms with E-state index in [4.69, 9.17) is 10.5 Å². The third-order valence-corrected chi connectivity index (χ3v) is 2.25. The van der Waals surface area contributed by atoms with Crippen molar-refractivity contribution in [3.8, 4) is 5.75 Å². The minimum absolute atomic E-state index is 0.0605. The van der Waals surface area contributed by atoms with Crippen LogP contribution in [0.25, 0.3) is 0 Å². The first-order valence-corrected chi connectivity index (χ1v) is 5.10. The van der Waals surface area contributed by atoms with Gasteiger partial charge >= 0.3 is 0 Å². The molecule has 0 saturated carbocycles. The average molecular weight is 237 g/mol. The van der Waals surface area contributed by atoms with E-state index in [0.29, 0.717) is 5.82 Å². The van der Waals surface area contributed by atoms with Gasteiger partial charge in [-0.05, 0) is 24.6 Å². The van der Waals surface area contributed by atoms with Gasteiger partial charge in [0.25, 0.3) is 0 Å². The number of hydrogen-bond acceptors (Lipinski definition) is 5. The second-order valence-corrected chi connectivity index (χ2v) is 3.61. The highest BCUT2D eigenvalue weighted by Crippen LogP contribution is 2.21. The molecule has 0 aliphatic carbocycles. The molecule has 17 heavy (non-hydrogen) atoms. The van der Waals surface area contributed by atoms with Crippen molar-refractivity contribution in [3.63, 3.8) is 0 Å². The van der Waals surface area contributed by atoms with Gasteiger partial charge in [0.15, 0.2) is 18.2 Å². The minimum Gasteiger partial charge on any atom is -0.482 e. The second-order valence-electron chi connectivity index (χ2n) is 3.61. The van der Waals surface area contributed by atoms with Gasteiger partial charge in [0.2, 0.25) is 12.2 Å². The summed E-state index contributed by atoms with van der Waals surface area (Å²) in [6.45, 7) is 1.85. The van der Waals surface area contributed by atoms with Gasteiger partial charge in [0, 0.05) is 6.04 Å². The Bertz CT molecular complexity index is 485. The summed E-state index contributed by atoms with van der Waals surface area (Å²) in [6.07, 6.45) is 1.19. The van der Waals surface area contributed by atoms with Gasteiger partial charge in [0.1, 0.15) is 0 Å². The first-order valence-electron chi connectivity index (χ1n) is 5.10. The van der Waals surface area contributed by atoms with Crippen molar-refractivity contribution >= 4 is 0 Å². The molecule has 2 N–H and O–H groups in total. The Morgan fingerprint density at radius 1 is 1.53 bits per heavy atom. The van der Waals surface area contributed by atoms with Crippen LogP contribution in [0.15, 0.2) is 29.1 Å². The van der Waals surface area contributed by atoms with E-state index in [-0.39, 0.29) is 18.4 Å². The van der Waals surface area contributed by atoms with Gasteiger partial charge in [-0.3, -0.25) is 0 Å². The van der Waals surface area contributed by atoms with E-state index in [1.54, 1.807) is 13.0 Å². The minimum atomic E-state index is -0.455. The molecular weight excluding hydrogens is 225 g/mol. The SMILES string of the molecule is CC(N)c1ccc(OCc2ncon2)c(F)c1. The van der Waals surface area contributed by atoms with Crippen molar-refractivity contribution in [1.29, 1.82) is 0 Å². The molecule has 1 aromatic heterocycles. The van der Waals surface area contributed by atoms with E-state index < -0.39 is 5.82 Å². The van der Waals surface area contributed by atoms with Crippen LogP contribution in [0.3, 0.4) is 0 Å². The van der Waals surface area contributed by atoms with Crippen molar-refractivity contribution in [3.05, 3.63) is 41.8 Å². The summed E-state index contributed by atoms with van der Waals surface area (Å²) in [5, 5.41) is 3.55. The lowest BCUT2D eigenvalue weighted by molar-refractivity contribution is 0.273. The highest BCUT2D eigenvalue weighted by atomic mass is 19.1. The Hall–Kier alpha value is -1.95. The molecule has 0 saturated heterocycles. The molecule has 1 atom stereocenters. The Labute approximate surface area is 97.4 Å². The molecule has 1 unspecified atom stereocenters. The molecule has 5 nitrogen and oxygen atoms in total. The Kier molecular flexibility index (Phi) is 3.34. The van der Waals surface area contributed by atoms with Crippen molar-refractivity contribution in [2.45, 2.75) is 19.6 Å². The van der Waals surface area contributed by atoms with Crippen LogP contribution in [0.2, 0.25) is 0 Å². The van der Waals surface area contributed by atoms with Crippen LogP contribution in [0.1, 0.15) is 24.4 Å². The van der Waals surface area contributed by atoms with Crippen LogP contribution in [0, 0.1) is 5.82 Å². The van der Waals surface area contributed by atoms with Crippen molar-refractivity contribution in [1.82, 2.24) is 10.1 Å². The summed E-state index contributed by atoms with van der Waals surface area (Å²) in [4.78, 5) is 3.76. The van der Waals surface area contributed by atoms with Crippen molar-refractivity contribution in [2.24, 2.45) is 5.73 Å². The zero-order valence-corrected chi connectivity index (χ0v) is 9.26. The van der Waals surface area contributed by atoms with Gasteiger partial charge in [-0.25, -0.2) is 4.39 Å². The first kappa shape index (κ1) is 11.5. The highest BCUT2D eigenvalue weighted by Gasteiger charge is 2.08. The summed E-state index contributed by atoms with van der Waals surface area (Å²) < 4.78 is 23.3. The quantitative estimate of drug-likeness (QED) is 0.877. The predicted octanol–water partition coefficient (Wildman–Crippen LogP) is 1.81. The molecule has 2 aromatic rings. The molecule has 6 heteroatoms. The van der Waals surface area contributed by atoms with Crippen LogP contribution in [0.4, 0.5) is 4.39 Å². The molecule has 1 aromatic carbocycles. The highest BCUT2D eigenvalue weighted by molar-refractivity contribution is 5.30. The molecule has 0 radical (unpaired) electrons. The molecular formula is C11H12FN3O2. The fraction of sp³-hybridized carbons (Fsp3) is 0.273. The Morgan fingerprint density at radius 2 is 2.35 bits per heavy atom. The summed E-state index contributed by atoms with van der Waals surface area (Å²) in [6, 6.07) is 4.40. The van der Waals surface area contributed by atoms with E-state index in [1.165, 1.54) is 18.5 Å². The van der Waals surface area contributed by atoms with Crippen LogP contribution in [0.5, 0.6) is 5.75 Å². The van der Waals surface area contributed by atoms with E-state index in [0.717, 1.165) is 5.56 Å². The maximum absolute atomic E-state index is 13.6. The molecule has 0 bridgehead atoms. The maximum atomic E-state index is 13.6. The molecule has 2 rings (SSSR count). The number of ether oxygens (including phenoxy) is 1. The summed E-state index contributed by atoms with van der Waals surface area (Å²) in [5.74, 6) is 0.0446. The van der Waals surface area contributed by atoms with Crippen LogP contribution in [-0.4, -0.2) is 10.1 Å². The third kappa shape index (κ3) is 2.79. The summed E-state index contributed by atoms with van der Waals surface area (Å²) in [5.41, 5.74) is 6.36. The smallest absolute Gasteiger partial charge is 0.213 e. The standard InChI is InChI=1S/C11H12FN3O2/c1-7(13)8-2-3-10(9(12)4-8)16-5-11-14-6-17-15-11/h2-4,6-7H,5,13H2,1H3. The number of nitrogens with two attached hydrogens (primary N) is 1. The van der Waals surface area contributed by atoms with Gasteiger partial charge in [-0.15, -0.1) is 0 Å². The lowest BCUT2D eigenvalue weighted by Gasteiger charge is -2.09. The van der Waals surface area contributed by atoms with E-state index >= 15 is 0 Å². The molecule has 0 aliphatic heterocycles. The molecule has 0 amide bonds. The third-order valence-electron chi connectivity index (χ3n) is 2.25. The largest absolute Gasteiger partial charge is 0.482 e. The zero-order chi connectivity index (χ0) is 12.3. The van der Waals surface area contributed by atoms with E-state index in [1.807, 2.05) is 0 Å². The number of benzene rings is 1. The van der Waals surface area contributed by atoms with Crippen LogP contribution in [-0.2, 0) is 6.61 Å². The van der Waals surface area contributed by atoms with E-state index in [2.05, 4.69) is 14.7 Å². The Balaban J connectivity index is 2.06. The lowest BCUT2D eigenvalue weighted by atomic mass is 10.1. The van der Waals surface area contributed by atoms with E-state index in [9.17, 15) is 4.39 Å². The number of hydrogen-bond donors (Lipinski definition) is 1. The van der Waals surface area contributed by atoms with Gasteiger partial charge in [-0.2, -0.15) is 4.98 Å². The molecule has 0 aliphatic rings.